The molecule has 0 saturated carbocycles. The molecule has 0 aliphatic heterocycles. The number of nitrogens with zero attached hydrogens (tertiary/aromatic N) is 3. The number of nitrogens with one attached hydrogen (secondary N) is 1. The maximum absolute atomic E-state index is 11.2. The van der Waals surface area contributed by atoms with E-state index in [4.69, 9.17) is 0 Å². The third kappa shape index (κ3) is 3.38. The van der Waals surface area contributed by atoms with Crippen molar-refractivity contribution in [1.29, 1.82) is 0 Å². The second-order valence-electron chi connectivity index (χ2n) is 3.06. The van der Waals surface area contributed by atoms with Crippen LogP contribution in [0, 0.1) is 0 Å². The molecule has 1 aromatic rings. The van der Waals surface area contributed by atoms with Crippen LogP contribution in [0.4, 0.5) is 5.82 Å². The van der Waals surface area contributed by atoms with E-state index >= 15 is 0 Å². The Hall–Kier alpha value is -1.65. The standard InChI is InChI=1S/C9H14N4O/c1-13(2)9(14)3-4-11-8-7-10-5-6-12-8/h5-7H,3-4H2,1-2H3,(H,11,12). The van der Waals surface area contributed by atoms with Crippen molar-refractivity contribution in [3.8, 4) is 0 Å². The first-order valence-electron chi connectivity index (χ1n) is 4.40. The molecule has 0 aliphatic rings. The van der Waals surface area contributed by atoms with Crippen LogP contribution < -0.4 is 5.32 Å². The fourth-order valence-electron chi connectivity index (χ4n) is 0.911. The average molecular weight is 194 g/mol. The van der Waals surface area contributed by atoms with E-state index < -0.39 is 0 Å². The van der Waals surface area contributed by atoms with Gasteiger partial charge >= 0.3 is 0 Å². The molecule has 1 rings (SSSR count). The van der Waals surface area contributed by atoms with Crippen molar-refractivity contribution < 1.29 is 4.79 Å². The molecular formula is C9H14N4O. The van der Waals surface area contributed by atoms with Crippen LogP contribution in [0.5, 0.6) is 0 Å². The Kier molecular flexibility index (Phi) is 3.84. The minimum absolute atomic E-state index is 0.0985. The molecule has 0 aliphatic carbocycles. The first kappa shape index (κ1) is 10.4. The molecule has 14 heavy (non-hydrogen) atoms. The topological polar surface area (TPSA) is 58.1 Å². The summed E-state index contributed by atoms with van der Waals surface area (Å²) in [7, 11) is 3.48. The Balaban J connectivity index is 2.26. The monoisotopic (exact) mass is 194 g/mol. The van der Waals surface area contributed by atoms with Crippen LogP contribution in [0.1, 0.15) is 6.42 Å². The summed E-state index contributed by atoms with van der Waals surface area (Å²) >= 11 is 0. The van der Waals surface area contributed by atoms with Gasteiger partial charge in [0, 0.05) is 39.5 Å². The van der Waals surface area contributed by atoms with Crippen molar-refractivity contribution >= 4 is 11.7 Å². The minimum atomic E-state index is 0.0985. The maximum Gasteiger partial charge on any atom is 0.223 e. The van der Waals surface area contributed by atoms with Crippen LogP contribution in [0.2, 0.25) is 0 Å². The van der Waals surface area contributed by atoms with E-state index in [-0.39, 0.29) is 5.91 Å². The second-order valence-corrected chi connectivity index (χ2v) is 3.06. The summed E-state index contributed by atoms with van der Waals surface area (Å²) in [6.45, 7) is 0.579. The van der Waals surface area contributed by atoms with Gasteiger partial charge in [-0.3, -0.25) is 9.78 Å². The van der Waals surface area contributed by atoms with Gasteiger partial charge in [-0.15, -0.1) is 0 Å². The van der Waals surface area contributed by atoms with Gasteiger partial charge in [0.25, 0.3) is 0 Å². The first-order valence-corrected chi connectivity index (χ1v) is 4.40. The van der Waals surface area contributed by atoms with Crippen LogP contribution in [0.3, 0.4) is 0 Å². The van der Waals surface area contributed by atoms with Gasteiger partial charge in [-0.1, -0.05) is 0 Å². The van der Waals surface area contributed by atoms with Gasteiger partial charge in [-0.2, -0.15) is 0 Å². The van der Waals surface area contributed by atoms with E-state index in [1.54, 1.807) is 37.6 Å². The lowest BCUT2D eigenvalue weighted by atomic mass is 10.4. The number of amides is 1. The van der Waals surface area contributed by atoms with Gasteiger partial charge in [0.2, 0.25) is 5.91 Å². The zero-order valence-corrected chi connectivity index (χ0v) is 8.40. The van der Waals surface area contributed by atoms with E-state index in [2.05, 4.69) is 15.3 Å². The summed E-state index contributed by atoms with van der Waals surface area (Å²) in [5.41, 5.74) is 0. The molecule has 0 unspecified atom stereocenters. The lowest BCUT2D eigenvalue weighted by molar-refractivity contribution is -0.128. The summed E-state index contributed by atoms with van der Waals surface area (Å²) in [6.07, 6.45) is 5.30. The van der Waals surface area contributed by atoms with E-state index in [1.807, 2.05) is 0 Å². The van der Waals surface area contributed by atoms with Crippen molar-refractivity contribution in [2.24, 2.45) is 0 Å². The normalized spacial score (nSPS) is 9.57. The summed E-state index contributed by atoms with van der Waals surface area (Å²) in [5.74, 6) is 0.792. The molecule has 1 amide bonds. The van der Waals surface area contributed by atoms with Gasteiger partial charge in [0.05, 0.1) is 6.20 Å². The van der Waals surface area contributed by atoms with Crippen LogP contribution in [-0.4, -0.2) is 41.4 Å². The van der Waals surface area contributed by atoms with Gasteiger partial charge in [0.1, 0.15) is 5.82 Å². The zero-order chi connectivity index (χ0) is 10.4. The number of carbonyl (C=O) groups excluding carboxylic acids is 1. The lowest BCUT2D eigenvalue weighted by Crippen LogP contribution is -2.24. The number of hydrogen-bond donors (Lipinski definition) is 1. The smallest absolute Gasteiger partial charge is 0.223 e. The Labute approximate surface area is 83.2 Å². The fourth-order valence-corrected chi connectivity index (χ4v) is 0.911. The van der Waals surface area contributed by atoms with Gasteiger partial charge in [-0.05, 0) is 0 Å². The van der Waals surface area contributed by atoms with Crippen LogP contribution in [-0.2, 0) is 4.79 Å². The SMILES string of the molecule is CN(C)C(=O)CCNc1cnccn1. The minimum Gasteiger partial charge on any atom is -0.368 e. The third-order valence-corrected chi connectivity index (χ3v) is 1.71. The highest BCUT2D eigenvalue weighted by molar-refractivity contribution is 5.76. The Morgan fingerprint density at radius 1 is 1.50 bits per heavy atom. The molecule has 0 aromatic carbocycles. The predicted octanol–water partition coefficient (Wildman–Crippen LogP) is 0.367. The molecule has 5 nitrogen and oxygen atoms in total. The van der Waals surface area contributed by atoms with Crippen molar-refractivity contribution in [1.82, 2.24) is 14.9 Å². The Bertz CT molecular complexity index is 286. The molecule has 5 heteroatoms. The average Bonchev–Trinajstić information content (AvgIpc) is 2.19. The molecule has 0 atom stereocenters. The van der Waals surface area contributed by atoms with E-state index in [0.29, 0.717) is 18.8 Å². The first-order chi connectivity index (χ1) is 6.70. The molecule has 0 spiro atoms. The van der Waals surface area contributed by atoms with E-state index in [0.717, 1.165) is 0 Å². The molecule has 1 aromatic heterocycles. The summed E-state index contributed by atoms with van der Waals surface area (Å²) < 4.78 is 0. The number of aromatic nitrogens is 2. The van der Waals surface area contributed by atoms with Crippen molar-refractivity contribution in [3.05, 3.63) is 18.6 Å². The fraction of sp³-hybridized carbons (Fsp3) is 0.444. The summed E-state index contributed by atoms with van der Waals surface area (Å²) in [4.78, 5) is 20.7. The molecule has 76 valence electrons. The number of rotatable bonds is 4. The zero-order valence-electron chi connectivity index (χ0n) is 8.40. The molecule has 0 radical (unpaired) electrons. The Morgan fingerprint density at radius 2 is 2.29 bits per heavy atom. The molecule has 1 heterocycles. The molecule has 1 N–H and O–H groups in total. The van der Waals surface area contributed by atoms with Crippen LogP contribution in [0.25, 0.3) is 0 Å². The van der Waals surface area contributed by atoms with E-state index in [9.17, 15) is 4.79 Å². The second kappa shape index (κ2) is 5.16. The highest BCUT2D eigenvalue weighted by Gasteiger charge is 2.02. The van der Waals surface area contributed by atoms with Crippen molar-refractivity contribution in [2.45, 2.75) is 6.42 Å². The summed E-state index contributed by atoms with van der Waals surface area (Å²) in [5, 5.41) is 3.01. The lowest BCUT2D eigenvalue weighted by Gasteiger charge is -2.10. The van der Waals surface area contributed by atoms with Crippen molar-refractivity contribution in [3.63, 3.8) is 0 Å². The number of hydrogen-bond acceptors (Lipinski definition) is 4. The maximum atomic E-state index is 11.2. The molecule has 0 saturated heterocycles. The van der Waals surface area contributed by atoms with Crippen LogP contribution in [0.15, 0.2) is 18.6 Å². The van der Waals surface area contributed by atoms with E-state index in [1.165, 1.54) is 0 Å². The highest BCUT2D eigenvalue weighted by atomic mass is 16.2. The summed E-state index contributed by atoms with van der Waals surface area (Å²) in [6, 6.07) is 0. The highest BCUT2D eigenvalue weighted by Crippen LogP contribution is 1.97. The van der Waals surface area contributed by atoms with Gasteiger partial charge < -0.3 is 10.2 Å². The molecular weight excluding hydrogens is 180 g/mol. The van der Waals surface area contributed by atoms with Gasteiger partial charge in [-0.25, -0.2) is 4.98 Å². The predicted molar refractivity (Wildman–Crippen MR) is 53.8 cm³/mol. The van der Waals surface area contributed by atoms with Crippen LogP contribution >= 0.6 is 0 Å². The Morgan fingerprint density at radius 3 is 2.86 bits per heavy atom. The molecule has 0 bridgehead atoms. The molecule has 0 fully saturated rings. The number of carbonyl (C=O) groups is 1. The number of anilines is 1. The third-order valence-electron chi connectivity index (χ3n) is 1.71. The quantitative estimate of drug-likeness (QED) is 0.752. The largest absolute Gasteiger partial charge is 0.368 e. The van der Waals surface area contributed by atoms with Gasteiger partial charge in [0.15, 0.2) is 0 Å². The van der Waals surface area contributed by atoms with Crippen molar-refractivity contribution in [2.75, 3.05) is 26.0 Å².